The number of carbonyl (C=O) groups is 1. The zero-order valence-electron chi connectivity index (χ0n) is 16.1. The molecule has 3 N–H and O–H groups in total. The van der Waals surface area contributed by atoms with Crippen LogP contribution in [-0.4, -0.2) is 35.5 Å². The van der Waals surface area contributed by atoms with E-state index in [-0.39, 0.29) is 17.8 Å². The average molecular weight is 381 g/mol. The molecule has 0 saturated heterocycles. The molecule has 1 fully saturated rings. The van der Waals surface area contributed by atoms with E-state index in [0.717, 1.165) is 36.0 Å². The van der Waals surface area contributed by atoms with Crippen LogP contribution in [0.2, 0.25) is 0 Å². The Hall–Kier alpha value is -1.78. The summed E-state index contributed by atoms with van der Waals surface area (Å²) in [6.07, 6.45) is 3.71. The molecule has 1 aliphatic carbocycles. The van der Waals surface area contributed by atoms with Crippen LogP contribution in [0.3, 0.4) is 0 Å². The lowest BCUT2D eigenvalue weighted by atomic mass is 9.96. The molecule has 0 aromatic carbocycles. The van der Waals surface area contributed by atoms with E-state index < -0.39 is 20.5 Å². The number of rotatable bonds is 6. The highest BCUT2D eigenvalue weighted by Crippen LogP contribution is 2.44. The van der Waals surface area contributed by atoms with Gasteiger partial charge in [-0.1, -0.05) is 19.8 Å². The fourth-order valence-electron chi connectivity index (χ4n) is 2.79. The molecule has 6 nitrogen and oxygen atoms in total. The summed E-state index contributed by atoms with van der Waals surface area (Å²) in [5.74, 6) is 5.76. The van der Waals surface area contributed by atoms with Crippen molar-refractivity contribution in [3.63, 3.8) is 0 Å². The number of aryl methyl sites for hydroxylation is 1. The van der Waals surface area contributed by atoms with E-state index in [1.165, 1.54) is 12.4 Å². The van der Waals surface area contributed by atoms with Crippen LogP contribution in [0.4, 0.5) is 0 Å². The molecule has 0 aliphatic heterocycles. The maximum atomic E-state index is 12.1. The topological polar surface area (TPSA) is 99.3 Å². The molecule has 1 heterocycles. The molecule has 144 valence electrons. The van der Waals surface area contributed by atoms with Crippen LogP contribution in [0.5, 0.6) is 0 Å². The van der Waals surface area contributed by atoms with Gasteiger partial charge in [0.2, 0.25) is 0 Å². The molecule has 2 rings (SSSR count). The van der Waals surface area contributed by atoms with E-state index in [2.05, 4.69) is 23.7 Å². The van der Waals surface area contributed by atoms with Gasteiger partial charge in [0.05, 0.1) is 5.69 Å². The van der Waals surface area contributed by atoms with Gasteiger partial charge in [0.1, 0.15) is 4.75 Å². The Morgan fingerprint density at radius 3 is 2.54 bits per heavy atom. The molecule has 1 atom stereocenters. The first-order valence-corrected chi connectivity index (χ1v) is 10.7. The molecule has 0 bridgehead atoms. The number of hydrogen-bond donors (Lipinski definition) is 3. The molecule has 0 radical (unpaired) electrons. The second-order valence-corrected chi connectivity index (χ2v) is 10.5. The largest absolute Gasteiger partial charge is 0.352 e. The maximum Gasteiger partial charge on any atom is 0.264 e. The van der Waals surface area contributed by atoms with Crippen LogP contribution in [0, 0.1) is 17.3 Å². The summed E-state index contributed by atoms with van der Waals surface area (Å²) in [5, 5.41) is 8.94. The zero-order valence-corrected chi connectivity index (χ0v) is 16.9. The highest BCUT2D eigenvalue weighted by Gasteiger charge is 2.43. The molecule has 26 heavy (non-hydrogen) atoms. The Kier molecular flexibility index (Phi) is 5.60. The standard InChI is InChI=1S/C19H28N2O4S/c1-13(2)16-14(12-15(20-16)7-8-18(3)10-11-18)6-9-19(4,17(22)21-23)26(5,24)25/h12-13,20,23H,6,9-11H2,1-5H3,(H,21,22). The number of hydroxylamine groups is 1. The Morgan fingerprint density at radius 1 is 1.46 bits per heavy atom. The van der Waals surface area contributed by atoms with Crippen molar-refractivity contribution in [2.75, 3.05) is 6.26 Å². The van der Waals surface area contributed by atoms with E-state index in [9.17, 15) is 13.2 Å². The van der Waals surface area contributed by atoms with E-state index in [1.807, 2.05) is 19.9 Å². The summed E-state index contributed by atoms with van der Waals surface area (Å²) in [7, 11) is -3.70. The lowest BCUT2D eigenvalue weighted by molar-refractivity contribution is -0.131. The van der Waals surface area contributed by atoms with E-state index in [0.29, 0.717) is 6.42 Å². The third-order valence-corrected chi connectivity index (χ3v) is 7.31. The van der Waals surface area contributed by atoms with Crippen molar-refractivity contribution >= 4 is 15.7 Å². The van der Waals surface area contributed by atoms with Crippen molar-refractivity contribution in [3.05, 3.63) is 23.0 Å². The monoisotopic (exact) mass is 380 g/mol. The first-order valence-electron chi connectivity index (χ1n) is 8.81. The number of H-pyrrole nitrogens is 1. The Balaban J connectivity index is 2.28. The van der Waals surface area contributed by atoms with Crippen LogP contribution in [0.15, 0.2) is 6.07 Å². The van der Waals surface area contributed by atoms with E-state index >= 15 is 0 Å². The normalized spacial score (nSPS) is 18.0. The summed E-state index contributed by atoms with van der Waals surface area (Å²) in [6.45, 7) is 7.57. The van der Waals surface area contributed by atoms with Gasteiger partial charge in [-0.05, 0) is 63.0 Å². The fourth-order valence-corrected chi connectivity index (χ4v) is 3.65. The minimum atomic E-state index is -3.70. The molecule has 1 aromatic heterocycles. The minimum Gasteiger partial charge on any atom is -0.352 e. The van der Waals surface area contributed by atoms with Crippen molar-refractivity contribution in [2.45, 2.75) is 64.0 Å². The number of hydrogen-bond acceptors (Lipinski definition) is 4. The van der Waals surface area contributed by atoms with Gasteiger partial charge in [0, 0.05) is 17.4 Å². The van der Waals surface area contributed by atoms with Crippen LogP contribution >= 0.6 is 0 Å². The molecular weight excluding hydrogens is 352 g/mol. The first kappa shape index (κ1) is 20.5. The SMILES string of the molecule is CC(C)c1[nH]c(C#CC2(C)CC2)cc1CCC(C)(C(=O)NO)S(C)(=O)=O. The zero-order chi connectivity index (χ0) is 19.8. The maximum absolute atomic E-state index is 12.1. The van der Waals surface area contributed by atoms with Crippen molar-refractivity contribution in [1.82, 2.24) is 10.5 Å². The van der Waals surface area contributed by atoms with Crippen molar-refractivity contribution < 1.29 is 18.4 Å². The second kappa shape index (κ2) is 7.09. The molecule has 1 amide bonds. The minimum absolute atomic E-state index is 0.0698. The summed E-state index contributed by atoms with van der Waals surface area (Å²) in [4.78, 5) is 15.3. The number of carbonyl (C=O) groups excluding carboxylic acids is 1. The quantitative estimate of drug-likeness (QED) is 0.401. The van der Waals surface area contributed by atoms with Gasteiger partial charge in [-0.25, -0.2) is 13.9 Å². The predicted octanol–water partition coefficient (Wildman–Crippen LogP) is 2.53. The molecule has 0 spiro atoms. The van der Waals surface area contributed by atoms with Gasteiger partial charge < -0.3 is 4.98 Å². The molecular formula is C19H28N2O4S. The molecule has 7 heteroatoms. The van der Waals surface area contributed by atoms with Crippen molar-refractivity contribution in [3.8, 4) is 11.8 Å². The lowest BCUT2D eigenvalue weighted by Gasteiger charge is -2.25. The number of aromatic amines is 1. The van der Waals surface area contributed by atoms with Crippen LogP contribution in [-0.2, 0) is 21.1 Å². The highest BCUT2D eigenvalue weighted by atomic mass is 32.2. The number of sulfone groups is 1. The highest BCUT2D eigenvalue weighted by molar-refractivity contribution is 7.92. The second-order valence-electron chi connectivity index (χ2n) is 8.03. The first-order chi connectivity index (χ1) is 11.9. The summed E-state index contributed by atoms with van der Waals surface area (Å²) in [6, 6.07) is 1.94. The Labute approximate surface area is 155 Å². The average Bonchev–Trinajstić information content (AvgIpc) is 3.14. The lowest BCUT2D eigenvalue weighted by Crippen LogP contribution is -2.49. The van der Waals surface area contributed by atoms with Crippen LogP contribution in [0.25, 0.3) is 0 Å². The molecule has 1 saturated carbocycles. The van der Waals surface area contributed by atoms with Gasteiger partial charge in [0.15, 0.2) is 9.84 Å². The van der Waals surface area contributed by atoms with Gasteiger partial charge in [-0.2, -0.15) is 0 Å². The van der Waals surface area contributed by atoms with Gasteiger partial charge in [-0.15, -0.1) is 0 Å². The Morgan fingerprint density at radius 2 is 2.08 bits per heavy atom. The third kappa shape index (κ3) is 4.30. The molecule has 1 aliphatic rings. The summed E-state index contributed by atoms with van der Waals surface area (Å²) >= 11 is 0. The van der Waals surface area contributed by atoms with Crippen LogP contribution < -0.4 is 5.48 Å². The fraction of sp³-hybridized carbons (Fsp3) is 0.632. The molecule has 1 unspecified atom stereocenters. The van der Waals surface area contributed by atoms with Gasteiger partial charge in [-0.3, -0.25) is 10.0 Å². The summed E-state index contributed by atoms with van der Waals surface area (Å²) < 4.78 is 22.5. The van der Waals surface area contributed by atoms with Crippen molar-refractivity contribution in [1.29, 1.82) is 0 Å². The smallest absolute Gasteiger partial charge is 0.264 e. The van der Waals surface area contributed by atoms with Crippen molar-refractivity contribution in [2.24, 2.45) is 5.41 Å². The van der Waals surface area contributed by atoms with E-state index in [1.54, 1.807) is 0 Å². The van der Waals surface area contributed by atoms with Crippen LogP contribution in [0.1, 0.15) is 69.8 Å². The Bertz CT molecular complexity index is 854. The van der Waals surface area contributed by atoms with E-state index in [4.69, 9.17) is 5.21 Å². The third-order valence-electron chi connectivity index (χ3n) is 5.28. The number of amides is 1. The van der Waals surface area contributed by atoms with Gasteiger partial charge in [0.25, 0.3) is 5.91 Å². The molecule has 1 aromatic rings. The summed E-state index contributed by atoms with van der Waals surface area (Å²) in [5.41, 5.74) is 4.36. The van der Waals surface area contributed by atoms with Gasteiger partial charge >= 0.3 is 0 Å². The number of nitrogens with one attached hydrogen (secondary N) is 2. The predicted molar refractivity (Wildman–Crippen MR) is 101 cm³/mol. The number of aromatic nitrogens is 1.